The number of nitriles is 1. The van der Waals surface area contributed by atoms with Crippen molar-refractivity contribution in [2.75, 3.05) is 12.3 Å². The number of hydrogen-bond donors (Lipinski definition) is 1. The Morgan fingerprint density at radius 2 is 2.29 bits per heavy atom. The molecule has 0 amide bonds. The minimum atomic E-state index is -0.470. The van der Waals surface area contributed by atoms with Gasteiger partial charge in [-0.25, -0.2) is 4.39 Å². The van der Waals surface area contributed by atoms with Crippen molar-refractivity contribution in [2.24, 2.45) is 0 Å². The van der Waals surface area contributed by atoms with E-state index < -0.39 is 5.82 Å². The molecule has 0 aliphatic rings. The number of benzene rings is 1. The molecule has 0 saturated carbocycles. The highest BCUT2D eigenvalue weighted by molar-refractivity contribution is 5.42. The van der Waals surface area contributed by atoms with Crippen LogP contribution in [-0.4, -0.2) is 6.61 Å². The van der Waals surface area contributed by atoms with Crippen molar-refractivity contribution in [2.45, 2.75) is 12.8 Å². The lowest BCUT2D eigenvalue weighted by atomic mass is 10.3. The quantitative estimate of drug-likeness (QED) is 0.589. The molecule has 0 aromatic heterocycles. The Morgan fingerprint density at radius 3 is 2.93 bits per heavy atom. The molecule has 0 fully saturated rings. The third-order valence-corrected chi connectivity index (χ3v) is 1.65. The van der Waals surface area contributed by atoms with Gasteiger partial charge in [0.15, 0.2) is 11.6 Å². The van der Waals surface area contributed by atoms with Crippen molar-refractivity contribution in [3.8, 4) is 11.8 Å². The molecule has 4 heteroatoms. The summed E-state index contributed by atoms with van der Waals surface area (Å²) in [6, 6.07) is 6.25. The van der Waals surface area contributed by atoms with Crippen molar-refractivity contribution < 1.29 is 9.13 Å². The Labute approximate surface area is 81.9 Å². The largest absolute Gasteiger partial charge is 0.490 e. The van der Waals surface area contributed by atoms with Crippen molar-refractivity contribution in [3.05, 3.63) is 24.0 Å². The smallest absolute Gasteiger partial charge is 0.167 e. The molecule has 14 heavy (non-hydrogen) atoms. The summed E-state index contributed by atoms with van der Waals surface area (Å²) in [6.07, 6.45) is 1.01. The van der Waals surface area contributed by atoms with Crippen LogP contribution in [-0.2, 0) is 0 Å². The second-order valence-electron chi connectivity index (χ2n) is 2.80. The molecular formula is C10H11FN2O. The highest BCUT2D eigenvalue weighted by Gasteiger charge is 2.02. The zero-order valence-corrected chi connectivity index (χ0v) is 7.66. The van der Waals surface area contributed by atoms with Gasteiger partial charge < -0.3 is 10.5 Å². The van der Waals surface area contributed by atoms with E-state index in [9.17, 15) is 4.39 Å². The van der Waals surface area contributed by atoms with Crippen molar-refractivity contribution in [3.63, 3.8) is 0 Å². The van der Waals surface area contributed by atoms with Gasteiger partial charge in [-0.1, -0.05) is 0 Å². The van der Waals surface area contributed by atoms with Crippen molar-refractivity contribution >= 4 is 5.69 Å². The minimum absolute atomic E-state index is 0.178. The first kappa shape index (κ1) is 10.3. The van der Waals surface area contributed by atoms with Gasteiger partial charge in [0.25, 0.3) is 0 Å². The third-order valence-electron chi connectivity index (χ3n) is 1.65. The first-order chi connectivity index (χ1) is 6.74. The maximum absolute atomic E-state index is 13.1. The fourth-order valence-electron chi connectivity index (χ4n) is 0.967. The molecule has 2 N–H and O–H groups in total. The number of nitrogen functional groups attached to an aromatic ring is 1. The van der Waals surface area contributed by atoms with Gasteiger partial charge in [-0.15, -0.1) is 0 Å². The van der Waals surface area contributed by atoms with Crippen molar-refractivity contribution in [1.29, 1.82) is 5.26 Å². The van der Waals surface area contributed by atoms with Crippen molar-refractivity contribution in [1.82, 2.24) is 0 Å². The fraction of sp³-hybridized carbons (Fsp3) is 0.300. The van der Waals surface area contributed by atoms with Crippen LogP contribution in [0.4, 0.5) is 10.1 Å². The average molecular weight is 194 g/mol. The molecule has 0 atom stereocenters. The molecule has 0 aliphatic carbocycles. The first-order valence-corrected chi connectivity index (χ1v) is 4.29. The summed E-state index contributed by atoms with van der Waals surface area (Å²) in [4.78, 5) is 0. The predicted octanol–water partition coefficient (Wildman–Crippen LogP) is 2.09. The lowest BCUT2D eigenvalue weighted by Crippen LogP contribution is -1.99. The molecule has 0 unspecified atom stereocenters. The molecule has 0 heterocycles. The van der Waals surface area contributed by atoms with Crippen LogP contribution < -0.4 is 10.5 Å². The molecule has 0 radical (unpaired) electrons. The van der Waals surface area contributed by atoms with E-state index in [-0.39, 0.29) is 5.75 Å². The molecule has 3 nitrogen and oxygen atoms in total. The number of nitrogens with zero attached hydrogens (tertiary/aromatic N) is 1. The third kappa shape index (κ3) is 2.94. The Hall–Kier alpha value is -1.76. The van der Waals surface area contributed by atoms with E-state index >= 15 is 0 Å². The topological polar surface area (TPSA) is 59.0 Å². The monoisotopic (exact) mass is 194 g/mol. The van der Waals surface area contributed by atoms with E-state index in [1.165, 1.54) is 12.1 Å². The highest BCUT2D eigenvalue weighted by atomic mass is 19.1. The SMILES string of the molecule is N#CCCCOc1ccc(N)cc1F. The average Bonchev–Trinajstić information content (AvgIpc) is 2.15. The summed E-state index contributed by atoms with van der Waals surface area (Å²) in [5, 5.41) is 8.26. The van der Waals surface area contributed by atoms with Gasteiger partial charge in [0.2, 0.25) is 0 Å². The molecule has 1 rings (SSSR count). The van der Waals surface area contributed by atoms with E-state index in [0.29, 0.717) is 25.1 Å². The summed E-state index contributed by atoms with van der Waals surface area (Å²) >= 11 is 0. The highest BCUT2D eigenvalue weighted by Crippen LogP contribution is 2.19. The van der Waals surface area contributed by atoms with Crippen LogP contribution in [0, 0.1) is 17.1 Å². The first-order valence-electron chi connectivity index (χ1n) is 4.29. The summed E-state index contributed by atoms with van der Waals surface area (Å²) < 4.78 is 18.2. The lowest BCUT2D eigenvalue weighted by molar-refractivity contribution is 0.297. The normalized spacial score (nSPS) is 9.43. The van der Waals surface area contributed by atoms with E-state index in [1.807, 2.05) is 6.07 Å². The number of anilines is 1. The van der Waals surface area contributed by atoms with Gasteiger partial charge in [0.1, 0.15) is 0 Å². The molecule has 0 saturated heterocycles. The molecule has 0 bridgehead atoms. The van der Waals surface area contributed by atoms with Gasteiger partial charge in [-0.2, -0.15) is 5.26 Å². The maximum atomic E-state index is 13.1. The van der Waals surface area contributed by atoms with Gasteiger partial charge in [-0.05, 0) is 18.6 Å². The zero-order chi connectivity index (χ0) is 10.4. The zero-order valence-electron chi connectivity index (χ0n) is 7.66. The number of ether oxygens (including phenoxy) is 1. The van der Waals surface area contributed by atoms with Crippen LogP contribution in [0.25, 0.3) is 0 Å². The fourth-order valence-corrected chi connectivity index (χ4v) is 0.967. The van der Waals surface area contributed by atoms with E-state index in [2.05, 4.69) is 0 Å². The minimum Gasteiger partial charge on any atom is -0.490 e. The maximum Gasteiger partial charge on any atom is 0.167 e. The van der Waals surface area contributed by atoms with Crippen LogP contribution >= 0.6 is 0 Å². The number of halogens is 1. The second-order valence-corrected chi connectivity index (χ2v) is 2.80. The standard InChI is InChI=1S/C10H11FN2O/c11-9-7-8(13)3-4-10(9)14-6-2-1-5-12/h3-4,7H,1-2,6,13H2. The number of rotatable bonds is 4. The van der Waals surface area contributed by atoms with E-state index in [4.69, 9.17) is 15.7 Å². The van der Waals surface area contributed by atoms with Gasteiger partial charge in [0.05, 0.1) is 12.7 Å². The molecule has 74 valence electrons. The molecule has 1 aromatic carbocycles. The number of hydrogen-bond acceptors (Lipinski definition) is 3. The summed E-state index contributed by atoms with van der Waals surface area (Å²) in [7, 11) is 0. The molecule has 0 aliphatic heterocycles. The van der Waals surface area contributed by atoms with Gasteiger partial charge >= 0.3 is 0 Å². The summed E-state index contributed by atoms with van der Waals surface area (Å²) in [5.41, 5.74) is 5.73. The molecule has 0 spiro atoms. The van der Waals surface area contributed by atoms with E-state index in [1.54, 1.807) is 6.07 Å². The van der Waals surface area contributed by atoms with Crippen LogP contribution in [0.2, 0.25) is 0 Å². The van der Waals surface area contributed by atoms with Gasteiger partial charge in [-0.3, -0.25) is 0 Å². The van der Waals surface area contributed by atoms with Crippen LogP contribution in [0.15, 0.2) is 18.2 Å². The Morgan fingerprint density at radius 1 is 1.50 bits per heavy atom. The second kappa shape index (κ2) is 5.07. The molecular weight excluding hydrogens is 183 g/mol. The summed E-state index contributed by atoms with van der Waals surface area (Å²) in [5.74, 6) is -0.293. The lowest BCUT2D eigenvalue weighted by Gasteiger charge is -2.05. The summed E-state index contributed by atoms with van der Waals surface area (Å²) in [6.45, 7) is 0.342. The Bertz CT molecular complexity index is 346. The Balaban J connectivity index is 2.47. The van der Waals surface area contributed by atoms with Gasteiger partial charge in [0, 0.05) is 18.2 Å². The number of nitrogens with two attached hydrogens (primary N) is 1. The van der Waals surface area contributed by atoms with Crippen LogP contribution in [0.1, 0.15) is 12.8 Å². The number of unbranched alkanes of at least 4 members (excludes halogenated alkanes) is 1. The predicted molar refractivity (Wildman–Crippen MR) is 51.2 cm³/mol. The van der Waals surface area contributed by atoms with E-state index in [0.717, 1.165) is 0 Å². The van der Waals surface area contributed by atoms with Crippen LogP contribution in [0.5, 0.6) is 5.75 Å². The van der Waals surface area contributed by atoms with Crippen LogP contribution in [0.3, 0.4) is 0 Å². The molecule has 1 aromatic rings. The Kier molecular flexibility index (Phi) is 3.74.